The predicted octanol–water partition coefficient (Wildman–Crippen LogP) is 4.63. The van der Waals surface area contributed by atoms with Gasteiger partial charge in [0.05, 0.1) is 5.60 Å². The van der Waals surface area contributed by atoms with Crippen molar-refractivity contribution in [1.29, 1.82) is 0 Å². The fourth-order valence-electron chi connectivity index (χ4n) is 3.32. The Morgan fingerprint density at radius 2 is 1.68 bits per heavy atom. The maximum atomic E-state index is 11.0. The van der Waals surface area contributed by atoms with Gasteiger partial charge in [0, 0.05) is 0 Å². The Kier molecular flexibility index (Phi) is 3.79. The smallest absolute Gasteiger partial charge is 0.0922 e. The molecule has 3 atom stereocenters. The molecule has 1 nitrogen and oxygen atoms in total. The minimum absolute atomic E-state index is 0.174. The Labute approximate surface area is 118 Å². The molecule has 0 saturated heterocycles. The maximum absolute atomic E-state index is 11.0. The lowest BCUT2D eigenvalue weighted by molar-refractivity contribution is -0.0588. The summed E-state index contributed by atoms with van der Waals surface area (Å²) in [4.78, 5) is 0. The van der Waals surface area contributed by atoms with Crippen molar-refractivity contribution in [3.05, 3.63) is 35.4 Å². The molecule has 1 fully saturated rings. The van der Waals surface area contributed by atoms with E-state index in [0.717, 1.165) is 30.7 Å². The van der Waals surface area contributed by atoms with Crippen LogP contribution in [0, 0.1) is 11.8 Å². The quantitative estimate of drug-likeness (QED) is 0.780. The molecular formula is C18H28O. The van der Waals surface area contributed by atoms with E-state index in [1.807, 2.05) is 0 Å². The van der Waals surface area contributed by atoms with Crippen LogP contribution in [-0.4, -0.2) is 5.11 Å². The second-order valence-corrected chi connectivity index (χ2v) is 7.53. The summed E-state index contributed by atoms with van der Waals surface area (Å²) < 4.78 is 0. The molecule has 1 aliphatic rings. The van der Waals surface area contributed by atoms with Crippen molar-refractivity contribution < 1.29 is 5.11 Å². The van der Waals surface area contributed by atoms with E-state index >= 15 is 0 Å². The van der Waals surface area contributed by atoms with E-state index in [1.54, 1.807) is 0 Å². The third-order valence-electron chi connectivity index (χ3n) is 4.84. The largest absolute Gasteiger partial charge is 0.385 e. The minimum Gasteiger partial charge on any atom is -0.385 e. The van der Waals surface area contributed by atoms with Crippen molar-refractivity contribution in [1.82, 2.24) is 0 Å². The van der Waals surface area contributed by atoms with Gasteiger partial charge < -0.3 is 5.11 Å². The first-order valence-electron chi connectivity index (χ1n) is 7.57. The Hall–Kier alpha value is -0.820. The number of rotatable bonds is 1. The van der Waals surface area contributed by atoms with Crippen LogP contribution in [0.3, 0.4) is 0 Å². The minimum atomic E-state index is -0.622. The molecule has 3 unspecified atom stereocenters. The van der Waals surface area contributed by atoms with Gasteiger partial charge in [0.1, 0.15) is 0 Å². The van der Waals surface area contributed by atoms with Crippen molar-refractivity contribution in [2.75, 3.05) is 0 Å². The number of aliphatic hydroxyl groups is 1. The van der Waals surface area contributed by atoms with Gasteiger partial charge >= 0.3 is 0 Å². The fourth-order valence-corrected chi connectivity index (χ4v) is 3.32. The van der Waals surface area contributed by atoms with Crippen molar-refractivity contribution in [3.63, 3.8) is 0 Å². The second-order valence-electron chi connectivity index (χ2n) is 7.53. The molecule has 1 aromatic carbocycles. The zero-order chi connectivity index (χ0) is 14.3. The van der Waals surface area contributed by atoms with E-state index in [4.69, 9.17) is 0 Å². The fraction of sp³-hybridized carbons (Fsp3) is 0.667. The monoisotopic (exact) mass is 260 g/mol. The molecule has 0 radical (unpaired) electrons. The summed E-state index contributed by atoms with van der Waals surface area (Å²) in [6.07, 6.45) is 3.14. The Balaban J connectivity index is 2.26. The molecule has 1 saturated carbocycles. The average molecular weight is 260 g/mol. The van der Waals surface area contributed by atoms with Gasteiger partial charge in [0.15, 0.2) is 0 Å². The van der Waals surface area contributed by atoms with Gasteiger partial charge in [-0.2, -0.15) is 0 Å². The van der Waals surface area contributed by atoms with Crippen LogP contribution in [-0.2, 0) is 11.0 Å². The molecule has 2 rings (SSSR count). The van der Waals surface area contributed by atoms with E-state index in [-0.39, 0.29) is 5.41 Å². The van der Waals surface area contributed by atoms with E-state index in [1.165, 1.54) is 5.56 Å². The average Bonchev–Trinajstić information content (AvgIpc) is 2.33. The molecule has 106 valence electrons. The van der Waals surface area contributed by atoms with Crippen molar-refractivity contribution >= 4 is 0 Å². The Morgan fingerprint density at radius 3 is 2.16 bits per heavy atom. The first-order valence-corrected chi connectivity index (χ1v) is 7.57. The predicted molar refractivity (Wildman–Crippen MR) is 81.2 cm³/mol. The van der Waals surface area contributed by atoms with Crippen LogP contribution < -0.4 is 0 Å². The molecule has 0 spiro atoms. The first-order chi connectivity index (χ1) is 8.73. The van der Waals surface area contributed by atoms with E-state index < -0.39 is 5.60 Å². The summed E-state index contributed by atoms with van der Waals surface area (Å²) in [5.74, 6) is 1.08. The van der Waals surface area contributed by atoms with E-state index in [2.05, 4.69) is 58.9 Å². The van der Waals surface area contributed by atoms with Crippen LogP contribution in [0.4, 0.5) is 0 Å². The first kappa shape index (κ1) is 14.6. The second kappa shape index (κ2) is 4.94. The number of benzene rings is 1. The summed E-state index contributed by atoms with van der Waals surface area (Å²) in [5.41, 5.74) is 1.98. The molecule has 1 N–H and O–H groups in total. The number of hydrogen-bond acceptors (Lipinski definition) is 1. The van der Waals surface area contributed by atoms with Crippen LogP contribution in [0.5, 0.6) is 0 Å². The van der Waals surface area contributed by atoms with Crippen LogP contribution >= 0.6 is 0 Å². The van der Waals surface area contributed by atoms with Crippen molar-refractivity contribution in [2.45, 2.75) is 64.9 Å². The summed E-state index contributed by atoms with van der Waals surface area (Å²) in [6, 6.07) is 8.62. The molecular weight excluding hydrogens is 232 g/mol. The standard InChI is InChI=1S/C18H28O/c1-13-10-11-18(19,14(2)12-13)16-8-6-15(7-9-16)17(3,4)5/h6-9,13-14,19H,10-12H2,1-5H3. The summed E-state index contributed by atoms with van der Waals surface area (Å²) in [7, 11) is 0. The lowest BCUT2D eigenvalue weighted by Gasteiger charge is -2.41. The SMILES string of the molecule is CC1CCC(O)(c2ccc(C(C)(C)C)cc2)C(C)C1. The molecule has 1 heteroatoms. The highest BCUT2D eigenvalue weighted by atomic mass is 16.3. The molecule has 19 heavy (non-hydrogen) atoms. The third-order valence-corrected chi connectivity index (χ3v) is 4.84. The van der Waals surface area contributed by atoms with Crippen LogP contribution in [0.2, 0.25) is 0 Å². The van der Waals surface area contributed by atoms with Crippen LogP contribution in [0.1, 0.15) is 65.0 Å². The lowest BCUT2D eigenvalue weighted by Crippen LogP contribution is -2.38. The maximum Gasteiger partial charge on any atom is 0.0922 e. The highest BCUT2D eigenvalue weighted by molar-refractivity contribution is 5.31. The lowest BCUT2D eigenvalue weighted by atomic mass is 9.69. The summed E-state index contributed by atoms with van der Waals surface area (Å²) >= 11 is 0. The third kappa shape index (κ3) is 2.86. The van der Waals surface area contributed by atoms with Crippen LogP contribution in [0.15, 0.2) is 24.3 Å². The highest BCUT2D eigenvalue weighted by Gasteiger charge is 2.39. The van der Waals surface area contributed by atoms with Gasteiger partial charge in [-0.15, -0.1) is 0 Å². The molecule has 1 aliphatic carbocycles. The molecule has 0 heterocycles. The topological polar surface area (TPSA) is 20.2 Å². The van der Waals surface area contributed by atoms with Gasteiger partial charge in [-0.3, -0.25) is 0 Å². The number of hydrogen-bond donors (Lipinski definition) is 1. The molecule has 1 aromatic rings. The van der Waals surface area contributed by atoms with Gasteiger partial charge in [-0.05, 0) is 47.6 Å². The van der Waals surface area contributed by atoms with Crippen molar-refractivity contribution in [2.24, 2.45) is 11.8 Å². The van der Waals surface area contributed by atoms with Gasteiger partial charge in [-0.1, -0.05) is 58.9 Å². The van der Waals surface area contributed by atoms with Crippen LogP contribution in [0.25, 0.3) is 0 Å². The zero-order valence-electron chi connectivity index (χ0n) is 13.0. The molecule has 0 aliphatic heterocycles. The van der Waals surface area contributed by atoms with E-state index in [9.17, 15) is 5.11 Å². The zero-order valence-corrected chi connectivity index (χ0v) is 13.0. The van der Waals surface area contributed by atoms with Gasteiger partial charge in [-0.25, -0.2) is 0 Å². The molecule has 0 bridgehead atoms. The summed E-state index contributed by atoms with van der Waals surface area (Å²) in [6.45, 7) is 11.1. The summed E-state index contributed by atoms with van der Waals surface area (Å²) in [5, 5.41) is 11.0. The normalized spacial score (nSPS) is 32.3. The van der Waals surface area contributed by atoms with E-state index in [0.29, 0.717) is 5.92 Å². The Morgan fingerprint density at radius 1 is 1.11 bits per heavy atom. The molecule has 0 amide bonds. The van der Waals surface area contributed by atoms with Gasteiger partial charge in [0.2, 0.25) is 0 Å². The Bertz CT molecular complexity index is 426. The molecule has 0 aromatic heterocycles. The highest BCUT2D eigenvalue weighted by Crippen LogP contribution is 2.43. The van der Waals surface area contributed by atoms with Gasteiger partial charge in [0.25, 0.3) is 0 Å². The van der Waals surface area contributed by atoms with Crippen molar-refractivity contribution in [3.8, 4) is 0 Å².